The van der Waals surface area contributed by atoms with Crippen molar-refractivity contribution in [3.05, 3.63) is 30.5 Å². The predicted molar refractivity (Wildman–Crippen MR) is 73.3 cm³/mol. The molecule has 1 aliphatic heterocycles. The van der Waals surface area contributed by atoms with Crippen molar-refractivity contribution in [2.24, 2.45) is 0 Å². The lowest BCUT2D eigenvalue weighted by molar-refractivity contribution is -0.274. The molecule has 1 aliphatic rings. The van der Waals surface area contributed by atoms with E-state index in [9.17, 15) is 13.2 Å². The van der Waals surface area contributed by atoms with Crippen LogP contribution >= 0.6 is 0 Å². The highest BCUT2D eigenvalue weighted by molar-refractivity contribution is 5.95. The highest BCUT2D eigenvalue weighted by Crippen LogP contribution is 2.33. The molecule has 0 spiro atoms. The Hall–Kier alpha value is -2.02. The maximum absolute atomic E-state index is 12.4. The van der Waals surface area contributed by atoms with E-state index in [-0.39, 0.29) is 17.3 Å². The second kappa shape index (κ2) is 5.40. The van der Waals surface area contributed by atoms with E-state index in [0.717, 1.165) is 25.2 Å². The minimum atomic E-state index is -4.73. The summed E-state index contributed by atoms with van der Waals surface area (Å²) in [7, 11) is 0. The van der Waals surface area contributed by atoms with E-state index in [1.54, 1.807) is 18.2 Å². The van der Waals surface area contributed by atoms with Crippen LogP contribution in [-0.4, -0.2) is 30.5 Å². The second-order valence-corrected chi connectivity index (χ2v) is 4.89. The number of pyridine rings is 1. The smallest absolute Gasteiger partial charge is 0.403 e. The minimum absolute atomic E-state index is 0.200. The molecule has 7 heteroatoms. The second-order valence-electron chi connectivity index (χ2n) is 4.89. The fourth-order valence-corrected chi connectivity index (χ4v) is 2.48. The fourth-order valence-electron chi connectivity index (χ4n) is 2.48. The van der Waals surface area contributed by atoms with Crippen LogP contribution in [0.2, 0.25) is 0 Å². The molecule has 2 aromatic rings. The first-order chi connectivity index (χ1) is 10.0. The van der Waals surface area contributed by atoms with Gasteiger partial charge in [-0.1, -0.05) is 0 Å². The molecule has 3 rings (SSSR count). The molecule has 1 fully saturated rings. The Bertz CT molecular complexity index is 639. The summed E-state index contributed by atoms with van der Waals surface area (Å²) in [6, 6.07) is 6.59. The molecule has 0 aliphatic carbocycles. The van der Waals surface area contributed by atoms with Gasteiger partial charge in [0.1, 0.15) is 5.52 Å². The summed E-state index contributed by atoms with van der Waals surface area (Å²) in [5, 5.41) is 7.18. The lowest BCUT2D eigenvalue weighted by atomic mass is 10.1. The number of rotatable bonds is 3. The summed E-state index contributed by atoms with van der Waals surface area (Å²) < 4.78 is 41.3. The molecule has 1 atom stereocenters. The van der Waals surface area contributed by atoms with Crippen molar-refractivity contribution in [2.75, 3.05) is 18.4 Å². The summed E-state index contributed by atoms with van der Waals surface area (Å²) in [5.74, 6) is -0.284. The van der Waals surface area contributed by atoms with Crippen molar-refractivity contribution in [3.63, 3.8) is 0 Å². The summed E-state index contributed by atoms with van der Waals surface area (Å²) in [5.41, 5.74) is 0.965. The summed E-state index contributed by atoms with van der Waals surface area (Å²) >= 11 is 0. The number of halogens is 3. The van der Waals surface area contributed by atoms with E-state index in [1.807, 2.05) is 0 Å². The van der Waals surface area contributed by atoms with Crippen LogP contribution in [0.25, 0.3) is 10.9 Å². The molecule has 1 saturated heterocycles. The van der Waals surface area contributed by atoms with Crippen molar-refractivity contribution >= 4 is 16.6 Å². The van der Waals surface area contributed by atoms with Crippen molar-refractivity contribution < 1.29 is 17.9 Å². The number of nitrogens with zero attached hydrogens (tertiary/aromatic N) is 1. The largest absolute Gasteiger partial charge is 0.573 e. The normalized spacial score (nSPS) is 18.9. The highest BCUT2D eigenvalue weighted by atomic mass is 19.4. The monoisotopic (exact) mass is 297 g/mol. The number of fused-ring (bicyclic) bond motifs is 1. The van der Waals surface area contributed by atoms with E-state index < -0.39 is 6.36 Å². The van der Waals surface area contributed by atoms with Gasteiger partial charge in [-0.15, -0.1) is 13.2 Å². The first-order valence-electron chi connectivity index (χ1n) is 6.64. The number of alkyl halides is 3. The molecular formula is C14H14F3N3O. The number of ether oxygens (including phenoxy) is 1. The van der Waals surface area contributed by atoms with Gasteiger partial charge in [0.25, 0.3) is 0 Å². The van der Waals surface area contributed by atoms with Crippen LogP contribution in [0.4, 0.5) is 18.9 Å². The molecule has 0 bridgehead atoms. The zero-order valence-electron chi connectivity index (χ0n) is 11.1. The Kier molecular flexibility index (Phi) is 3.59. The number of anilines is 1. The quantitative estimate of drug-likeness (QED) is 0.914. The van der Waals surface area contributed by atoms with Crippen LogP contribution in [0, 0.1) is 0 Å². The van der Waals surface area contributed by atoms with Gasteiger partial charge >= 0.3 is 6.36 Å². The maximum Gasteiger partial charge on any atom is 0.573 e. The average Bonchev–Trinajstić information content (AvgIpc) is 2.93. The zero-order valence-corrected chi connectivity index (χ0v) is 11.1. The molecule has 0 amide bonds. The van der Waals surface area contributed by atoms with Crippen molar-refractivity contribution in [1.82, 2.24) is 10.3 Å². The number of benzene rings is 1. The molecular weight excluding hydrogens is 283 g/mol. The predicted octanol–water partition coefficient (Wildman–Crippen LogP) is 2.91. The van der Waals surface area contributed by atoms with E-state index in [1.165, 1.54) is 12.3 Å². The van der Waals surface area contributed by atoms with Crippen molar-refractivity contribution in [3.8, 4) is 5.75 Å². The van der Waals surface area contributed by atoms with Crippen LogP contribution in [0.1, 0.15) is 6.42 Å². The SMILES string of the molecule is FC(F)(F)Oc1ccc(N[C@H]2CCNC2)c2cccnc12. The first-order valence-corrected chi connectivity index (χ1v) is 6.64. The molecule has 2 heterocycles. The molecule has 21 heavy (non-hydrogen) atoms. The Labute approximate surface area is 119 Å². The van der Waals surface area contributed by atoms with Gasteiger partial charge in [0.15, 0.2) is 5.75 Å². The first kappa shape index (κ1) is 13.9. The van der Waals surface area contributed by atoms with Crippen LogP contribution in [0.3, 0.4) is 0 Å². The van der Waals surface area contributed by atoms with E-state index >= 15 is 0 Å². The lowest BCUT2D eigenvalue weighted by Crippen LogP contribution is -2.22. The molecule has 0 unspecified atom stereocenters. The van der Waals surface area contributed by atoms with Crippen LogP contribution in [-0.2, 0) is 0 Å². The molecule has 1 aromatic carbocycles. The third kappa shape index (κ3) is 3.18. The van der Waals surface area contributed by atoms with Crippen molar-refractivity contribution in [1.29, 1.82) is 0 Å². The maximum atomic E-state index is 12.4. The Morgan fingerprint density at radius 1 is 1.29 bits per heavy atom. The summed E-state index contributed by atoms with van der Waals surface area (Å²) in [6.07, 6.45) is -2.30. The number of aromatic nitrogens is 1. The topological polar surface area (TPSA) is 46.2 Å². The number of hydrogen-bond donors (Lipinski definition) is 2. The Morgan fingerprint density at radius 3 is 2.86 bits per heavy atom. The lowest BCUT2D eigenvalue weighted by Gasteiger charge is -2.17. The van der Waals surface area contributed by atoms with Crippen molar-refractivity contribution in [2.45, 2.75) is 18.8 Å². The Morgan fingerprint density at radius 2 is 2.14 bits per heavy atom. The number of nitrogens with one attached hydrogen (secondary N) is 2. The van der Waals surface area contributed by atoms with Crippen LogP contribution in [0.15, 0.2) is 30.5 Å². The zero-order chi connectivity index (χ0) is 14.9. The van der Waals surface area contributed by atoms with Gasteiger partial charge in [0.2, 0.25) is 0 Å². The standard InChI is InChI=1S/C14H14F3N3O/c15-14(16,17)21-12-4-3-11(20-9-5-7-18-8-9)10-2-1-6-19-13(10)12/h1-4,6,9,18,20H,5,7-8H2/t9-/m0/s1. The summed E-state index contributed by atoms with van der Waals surface area (Å²) in [6.45, 7) is 1.77. The van der Waals surface area contributed by atoms with Gasteiger partial charge in [-0.3, -0.25) is 4.98 Å². The fraction of sp³-hybridized carbons (Fsp3) is 0.357. The molecule has 112 valence electrons. The molecule has 0 radical (unpaired) electrons. The molecule has 1 aromatic heterocycles. The van der Waals surface area contributed by atoms with Gasteiger partial charge in [0, 0.05) is 29.9 Å². The molecule has 4 nitrogen and oxygen atoms in total. The van der Waals surface area contributed by atoms with Crippen LogP contribution < -0.4 is 15.4 Å². The van der Waals surface area contributed by atoms with Crippen LogP contribution in [0.5, 0.6) is 5.75 Å². The summed E-state index contributed by atoms with van der Waals surface area (Å²) in [4.78, 5) is 4.02. The van der Waals surface area contributed by atoms with Gasteiger partial charge in [0.05, 0.1) is 0 Å². The van der Waals surface area contributed by atoms with Gasteiger partial charge in [-0.05, 0) is 37.2 Å². The van der Waals surface area contributed by atoms with Gasteiger partial charge < -0.3 is 15.4 Å². The Balaban J connectivity index is 1.97. The van der Waals surface area contributed by atoms with E-state index in [0.29, 0.717) is 5.39 Å². The highest BCUT2D eigenvalue weighted by Gasteiger charge is 2.32. The third-order valence-electron chi connectivity index (χ3n) is 3.38. The van der Waals surface area contributed by atoms with Gasteiger partial charge in [-0.25, -0.2) is 0 Å². The molecule has 2 N–H and O–H groups in total. The third-order valence-corrected chi connectivity index (χ3v) is 3.38. The van der Waals surface area contributed by atoms with E-state index in [2.05, 4.69) is 20.4 Å². The molecule has 0 saturated carbocycles. The minimum Gasteiger partial charge on any atom is -0.403 e. The average molecular weight is 297 g/mol. The number of hydrogen-bond acceptors (Lipinski definition) is 4. The van der Waals surface area contributed by atoms with Gasteiger partial charge in [-0.2, -0.15) is 0 Å². The van der Waals surface area contributed by atoms with E-state index in [4.69, 9.17) is 0 Å².